The van der Waals surface area contributed by atoms with E-state index in [9.17, 15) is 23.1 Å². The van der Waals surface area contributed by atoms with Gasteiger partial charge >= 0.3 is 5.97 Å². The molecular weight excluding hydrogens is 453 g/mol. The van der Waals surface area contributed by atoms with Crippen LogP contribution in [0.3, 0.4) is 0 Å². The van der Waals surface area contributed by atoms with Gasteiger partial charge in [-0.05, 0) is 32.1 Å². The summed E-state index contributed by atoms with van der Waals surface area (Å²) >= 11 is 0. The van der Waals surface area contributed by atoms with Crippen molar-refractivity contribution in [2.75, 3.05) is 23.8 Å². The van der Waals surface area contributed by atoms with Crippen molar-refractivity contribution in [1.82, 2.24) is 19.5 Å². The van der Waals surface area contributed by atoms with Gasteiger partial charge in [-0.2, -0.15) is 4.98 Å². The number of hydrogen-bond donors (Lipinski definition) is 3. The van der Waals surface area contributed by atoms with Gasteiger partial charge in [0.1, 0.15) is 17.0 Å². The normalized spacial score (nSPS) is 22.7. The first-order valence-corrected chi connectivity index (χ1v) is 11.1. The third kappa shape index (κ3) is 4.37. The minimum atomic E-state index is -1.08. The molecule has 12 heteroatoms. The molecule has 1 saturated heterocycles. The van der Waals surface area contributed by atoms with Crippen LogP contribution >= 0.6 is 0 Å². The lowest BCUT2D eigenvalue weighted by atomic mass is 9.86. The summed E-state index contributed by atoms with van der Waals surface area (Å²) in [6.45, 7) is 0.895. The molecule has 2 aromatic heterocycles. The van der Waals surface area contributed by atoms with Crippen molar-refractivity contribution in [3.05, 3.63) is 35.8 Å². The number of aromatic nitrogens is 4. The first kappa shape index (κ1) is 22.4. The first-order chi connectivity index (χ1) is 16.4. The highest BCUT2D eigenvalue weighted by atomic mass is 19.1. The zero-order chi connectivity index (χ0) is 23.8. The highest BCUT2D eigenvalue weighted by molar-refractivity contribution is 5.77. The maximum atomic E-state index is 14.3. The number of nitrogens with zero attached hydrogens (tertiary/aromatic N) is 4. The summed E-state index contributed by atoms with van der Waals surface area (Å²) in [7, 11) is 0. The molecule has 1 aromatic carbocycles. The van der Waals surface area contributed by atoms with Gasteiger partial charge in [0.2, 0.25) is 11.9 Å². The second kappa shape index (κ2) is 9.09. The predicted octanol–water partition coefficient (Wildman–Crippen LogP) is 4.00. The SMILES string of the molecule is O=C(O)[C@H]1CC[C@H](Nc2ncc3nc(Nc4c(F)cc(F)cc4F)n([C@H]4CCOC4)c3n2)CC1. The molecule has 9 nitrogen and oxygen atoms in total. The smallest absolute Gasteiger partial charge is 0.306 e. The summed E-state index contributed by atoms with van der Waals surface area (Å²) in [4.78, 5) is 24.5. The molecule has 2 aliphatic rings. The van der Waals surface area contributed by atoms with Crippen LogP contribution in [0.4, 0.5) is 30.8 Å². The number of rotatable bonds is 6. The molecule has 3 heterocycles. The van der Waals surface area contributed by atoms with Crippen molar-refractivity contribution in [2.45, 2.75) is 44.2 Å². The number of imidazole rings is 1. The van der Waals surface area contributed by atoms with E-state index >= 15 is 0 Å². The Kier molecular flexibility index (Phi) is 5.98. The maximum Gasteiger partial charge on any atom is 0.306 e. The van der Waals surface area contributed by atoms with Crippen LogP contribution < -0.4 is 10.6 Å². The van der Waals surface area contributed by atoms with E-state index in [1.165, 1.54) is 6.20 Å². The van der Waals surface area contributed by atoms with Crippen LogP contribution in [0, 0.1) is 23.4 Å². The number of carboxylic acid groups (broad SMARTS) is 1. The van der Waals surface area contributed by atoms with Crippen LogP contribution in [-0.2, 0) is 9.53 Å². The Morgan fingerprint density at radius 3 is 2.47 bits per heavy atom. The van der Waals surface area contributed by atoms with Crippen LogP contribution in [0.5, 0.6) is 0 Å². The lowest BCUT2D eigenvalue weighted by Gasteiger charge is -2.26. The number of aliphatic carboxylic acids is 1. The fourth-order valence-electron chi connectivity index (χ4n) is 4.56. The van der Waals surface area contributed by atoms with Gasteiger partial charge in [-0.15, -0.1) is 0 Å². The van der Waals surface area contributed by atoms with Crippen molar-refractivity contribution in [3.63, 3.8) is 0 Å². The molecule has 0 spiro atoms. The third-order valence-corrected chi connectivity index (χ3v) is 6.36. The molecule has 34 heavy (non-hydrogen) atoms. The minimum Gasteiger partial charge on any atom is -0.481 e. The van der Waals surface area contributed by atoms with Crippen molar-refractivity contribution >= 4 is 34.7 Å². The standard InChI is InChI=1S/C22H23F3N6O3/c23-12-7-15(24)18(16(25)8-12)29-22-28-17-9-26-21(27-13-3-1-11(2-4-13)20(32)33)30-19(17)31(22)14-5-6-34-10-14/h7-9,11,13-14H,1-6,10H2,(H,28,29)(H,32,33)(H,26,27,30)/t11-,13-,14-/m0/s1. The van der Waals surface area contributed by atoms with E-state index in [1.54, 1.807) is 4.57 Å². The summed E-state index contributed by atoms with van der Waals surface area (Å²) in [5.74, 6) is -3.77. The molecule has 0 bridgehead atoms. The van der Waals surface area contributed by atoms with Crippen molar-refractivity contribution in [3.8, 4) is 0 Å². The number of carbonyl (C=O) groups is 1. The van der Waals surface area contributed by atoms with Gasteiger partial charge in [0, 0.05) is 24.8 Å². The molecule has 0 amide bonds. The molecule has 2 fully saturated rings. The Morgan fingerprint density at radius 2 is 1.82 bits per heavy atom. The van der Waals surface area contributed by atoms with Gasteiger partial charge in [-0.1, -0.05) is 0 Å². The molecule has 1 saturated carbocycles. The third-order valence-electron chi connectivity index (χ3n) is 6.36. The molecule has 180 valence electrons. The highest BCUT2D eigenvalue weighted by Crippen LogP contribution is 2.32. The second-order valence-corrected chi connectivity index (χ2v) is 8.63. The van der Waals surface area contributed by atoms with Crippen LogP contribution in [0.2, 0.25) is 0 Å². The fraction of sp³-hybridized carbons (Fsp3) is 0.455. The zero-order valence-corrected chi connectivity index (χ0v) is 18.1. The second-order valence-electron chi connectivity index (χ2n) is 8.63. The zero-order valence-electron chi connectivity index (χ0n) is 18.1. The summed E-state index contributed by atoms with van der Waals surface area (Å²) in [5, 5.41) is 15.1. The summed E-state index contributed by atoms with van der Waals surface area (Å²) in [6.07, 6.45) is 4.70. The highest BCUT2D eigenvalue weighted by Gasteiger charge is 2.28. The molecule has 1 aliphatic carbocycles. The molecule has 0 unspecified atom stereocenters. The molecule has 3 N–H and O–H groups in total. The number of nitrogens with one attached hydrogen (secondary N) is 2. The van der Waals surface area contributed by atoms with Crippen molar-refractivity contribution < 1.29 is 27.8 Å². The summed E-state index contributed by atoms with van der Waals surface area (Å²) in [6, 6.07) is 1.06. The number of anilines is 3. The van der Waals surface area contributed by atoms with Crippen LogP contribution in [0.25, 0.3) is 11.2 Å². The monoisotopic (exact) mass is 476 g/mol. The Bertz CT molecular complexity index is 1200. The Labute approximate surface area is 192 Å². The quantitative estimate of drug-likeness (QED) is 0.489. The van der Waals surface area contributed by atoms with E-state index in [0.717, 1.165) is 0 Å². The Balaban J connectivity index is 1.46. The van der Waals surface area contributed by atoms with E-state index in [2.05, 4.69) is 25.6 Å². The molecule has 1 aliphatic heterocycles. The number of carboxylic acids is 1. The van der Waals surface area contributed by atoms with E-state index in [1.807, 2.05) is 0 Å². The number of benzene rings is 1. The van der Waals surface area contributed by atoms with Gasteiger partial charge in [0.15, 0.2) is 17.3 Å². The van der Waals surface area contributed by atoms with E-state index < -0.39 is 29.1 Å². The van der Waals surface area contributed by atoms with E-state index in [4.69, 9.17) is 4.74 Å². The number of fused-ring (bicyclic) bond motifs is 1. The molecule has 5 rings (SSSR count). The van der Waals surface area contributed by atoms with E-state index in [-0.39, 0.29) is 23.9 Å². The molecule has 1 atom stereocenters. The average Bonchev–Trinajstić information content (AvgIpc) is 3.43. The average molecular weight is 476 g/mol. The topological polar surface area (TPSA) is 114 Å². The van der Waals surface area contributed by atoms with Gasteiger partial charge in [-0.3, -0.25) is 9.36 Å². The van der Waals surface area contributed by atoms with Gasteiger partial charge < -0.3 is 20.5 Å². The van der Waals surface area contributed by atoms with Crippen LogP contribution in [0.1, 0.15) is 38.1 Å². The number of ether oxygens (including phenoxy) is 1. The molecular formula is C22H23F3N6O3. The number of halogens is 3. The largest absolute Gasteiger partial charge is 0.481 e. The first-order valence-electron chi connectivity index (χ1n) is 11.1. The van der Waals surface area contributed by atoms with Crippen molar-refractivity contribution in [2.24, 2.45) is 5.92 Å². The van der Waals surface area contributed by atoms with Crippen molar-refractivity contribution in [1.29, 1.82) is 0 Å². The lowest BCUT2D eigenvalue weighted by molar-refractivity contribution is -0.142. The van der Waals surface area contributed by atoms with Crippen LogP contribution in [-0.4, -0.2) is 49.9 Å². The minimum absolute atomic E-state index is 0.0410. The summed E-state index contributed by atoms with van der Waals surface area (Å²) < 4.78 is 49.1. The van der Waals surface area contributed by atoms with Crippen LogP contribution in [0.15, 0.2) is 18.3 Å². The maximum absolute atomic E-state index is 14.3. The fourth-order valence-corrected chi connectivity index (χ4v) is 4.56. The van der Waals surface area contributed by atoms with E-state index in [0.29, 0.717) is 74.6 Å². The van der Waals surface area contributed by atoms with Gasteiger partial charge in [0.25, 0.3) is 0 Å². The number of hydrogen-bond acceptors (Lipinski definition) is 7. The lowest BCUT2D eigenvalue weighted by Crippen LogP contribution is -2.29. The van der Waals surface area contributed by atoms with Gasteiger partial charge in [0.05, 0.1) is 24.8 Å². The summed E-state index contributed by atoms with van der Waals surface area (Å²) in [5.41, 5.74) is 0.355. The Hall–Kier alpha value is -3.41. The predicted molar refractivity (Wildman–Crippen MR) is 116 cm³/mol. The van der Waals surface area contributed by atoms with Gasteiger partial charge in [-0.25, -0.2) is 23.1 Å². The Morgan fingerprint density at radius 1 is 1.09 bits per heavy atom. The molecule has 3 aromatic rings. The molecule has 0 radical (unpaired) electrons.